The Labute approximate surface area is 199 Å². The normalized spacial score (nSPS) is 23.6. The number of aromatic amines is 1. The molecule has 1 saturated heterocycles. The van der Waals surface area contributed by atoms with Crippen molar-refractivity contribution in [3.8, 4) is 0 Å². The zero-order valence-corrected chi connectivity index (χ0v) is 19.7. The molecule has 1 amide bonds. The molecule has 9 heteroatoms. The van der Waals surface area contributed by atoms with Crippen LogP contribution in [-0.4, -0.2) is 64.0 Å². The molecule has 0 spiro atoms. The Balaban J connectivity index is 1.15. The molecule has 0 bridgehead atoms. The quantitative estimate of drug-likeness (QED) is 0.633. The largest absolute Gasteiger partial charge is 0.365 e. The number of pyridine rings is 1. The highest BCUT2D eigenvalue weighted by Gasteiger charge is 2.33. The lowest BCUT2D eigenvalue weighted by Gasteiger charge is -2.39. The average molecular weight is 469 g/mol. The third-order valence-electron chi connectivity index (χ3n) is 7.73. The van der Waals surface area contributed by atoms with Gasteiger partial charge in [0.15, 0.2) is 0 Å². The van der Waals surface area contributed by atoms with Gasteiger partial charge < -0.3 is 15.2 Å². The molecule has 5 rings (SSSR count). The number of rotatable bonds is 6. The number of nitrogens with one attached hydrogen (secondary N) is 2. The first-order valence-electron chi connectivity index (χ1n) is 12.6. The van der Waals surface area contributed by atoms with Gasteiger partial charge in [-0.3, -0.25) is 19.5 Å². The van der Waals surface area contributed by atoms with Crippen LogP contribution in [0, 0.1) is 5.95 Å². The topological polar surface area (TPSA) is 94.2 Å². The lowest BCUT2D eigenvalue weighted by molar-refractivity contribution is 0.0910. The van der Waals surface area contributed by atoms with Crippen LogP contribution in [0.2, 0.25) is 0 Å². The van der Waals surface area contributed by atoms with E-state index in [0.717, 1.165) is 70.4 Å². The van der Waals surface area contributed by atoms with Crippen LogP contribution in [0.15, 0.2) is 23.1 Å². The van der Waals surface area contributed by atoms with Crippen LogP contribution in [0.4, 0.5) is 10.1 Å². The van der Waals surface area contributed by atoms with E-state index < -0.39 is 5.95 Å². The molecule has 2 saturated carbocycles. The van der Waals surface area contributed by atoms with E-state index in [1.807, 2.05) is 18.0 Å². The summed E-state index contributed by atoms with van der Waals surface area (Å²) in [6.45, 7) is 5.08. The second-order valence-electron chi connectivity index (χ2n) is 9.76. The number of aryl methyl sites for hydroxylation is 1. The van der Waals surface area contributed by atoms with E-state index >= 15 is 0 Å². The Morgan fingerprint density at radius 3 is 2.62 bits per heavy atom. The second kappa shape index (κ2) is 9.82. The molecule has 1 aliphatic heterocycles. The molecular weight excluding hydrogens is 435 g/mol. The molecule has 2 aromatic heterocycles. The summed E-state index contributed by atoms with van der Waals surface area (Å²) in [7, 11) is 0. The first-order chi connectivity index (χ1) is 16.5. The monoisotopic (exact) mass is 468 g/mol. The van der Waals surface area contributed by atoms with Gasteiger partial charge in [-0.2, -0.15) is 4.39 Å². The summed E-state index contributed by atoms with van der Waals surface area (Å²) in [4.78, 5) is 40.2. The standard InChI is InChI=1S/C25H33FN6O2/c1-2-19-24(33)30-21(15-27-19)16-6-7-18(14-16)31-10-12-32(13-11-31)22-9-8-20(29-23(22)26)25(34)28-17-4-3-5-17/h8-9,15-18H,2-7,10-14H2,1H3,(H,28,34)(H,30,33). The number of H-pyrrole nitrogens is 1. The van der Waals surface area contributed by atoms with Gasteiger partial charge in [-0.05, 0) is 57.1 Å². The van der Waals surface area contributed by atoms with Gasteiger partial charge in [0.05, 0.1) is 5.69 Å². The maximum absolute atomic E-state index is 14.8. The SMILES string of the molecule is CCc1ncc(C2CCC(N3CCN(c4ccc(C(=O)NC5CCC5)nc4F)CC3)C2)[nH]c1=O. The Kier molecular flexibility index (Phi) is 6.63. The summed E-state index contributed by atoms with van der Waals surface area (Å²) in [6.07, 6.45) is 8.69. The van der Waals surface area contributed by atoms with Gasteiger partial charge in [0.2, 0.25) is 5.95 Å². The predicted molar refractivity (Wildman–Crippen MR) is 128 cm³/mol. The Hall–Kier alpha value is -2.81. The van der Waals surface area contributed by atoms with Crippen LogP contribution in [0.5, 0.6) is 0 Å². The predicted octanol–water partition coefficient (Wildman–Crippen LogP) is 2.61. The van der Waals surface area contributed by atoms with Crippen LogP contribution < -0.4 is 15.8 Å². The van der Waals surface area contributed by atoms with Crippen molar-refractivity contribution < 1.29 is 9.18 Å². The molecule has 0 aromatic carbocycles. The van der Waals surface area contributed by atoms with Gasteiger partial charge in [-0.1, -0.05) is 6.92 Å². The Morgan fingerprint density at radius 2 is 1.97 bits per heavy atom. The number of carbonyl (C=O) groups is 1. The van der Waals surface area contributed by atoms with E-state index in [2.05, 4.69) is 25.2 Å². The summed E-state index contributed by atoms with van der Waals surface area (Å²) < 4.78 is 14.8. The molecule has 2 N–H and O–H groups in total. The molecule has 2 aliphatic carbocycles. The molecule has 3 heterocycles. The minimum absolute atomic E-state index is 0.0701. The fourth-order valence-electron chi connectivity index (χ4n) is 5.40. The molecule has 2 atom stereocenters. The van der Waals surface area contributed by atoms with Gasteiger partial charge in [0.25, 0.3) is 11.5 Å². The zero-order valence-electron chi connectivity index (χ0n) is 19.7. The van der Waals surface area contributed by atoms with Crippen LogP contribution in [0.1, 0.15) is 73.2 Å². The maximum atomic E-state index is 14.8. The maximum Gasteiger partial charge on any atom is 0.270 e. The zero-order chi connectivity index (χ0) is 23.7. The molecule has 34 heavy (non-hydrogen) atoms. The van der Waals surface area contributed by atoms with Gasteiger partial charge in [0.1, 0.15) is 11.4 Å². The number of piperazine rings is 1. The summed E-state index contributed by atoms with van der Waals surface area (Å²) in [6, 6.07) is 3.97. The van der Waals surface area contributed by atoms with Crippen molar-refractivity contribution in [1.82, 2.24) is 25.2 Å². The average Bonchev–Trinajstić information content (AvgIpc) is 3.32. The fourth-order valence-corrected chi connectivity index (χ4v) is 5.40. The molecule has 0 radical (unpaired) electrons. The molecular formula is C25H33FN6O2. The minimum Gasteiger partial charge on any atom is -0.365 e. The van der Waals surface area contributed by atoms with Crippen molar-refractivity contribution in [2.45, 2.75) is 69.9 Å². The second-order valence-corrected chi connectivity index (χ2v) is 9.76. The van der Waals surface area contributed by atoms with Crippen LogP contribution in [0.3, 0.4) is 0 Å². The van der Waals surface area contributed by atoms with Crippen LogP contribution >= 0.6 is 0 Å². The van der Waals surface area contributed by atoms with E-state index in [9.17, 15) is 14.0 Å². The number of hydrogen-bond donors (Lipinski definition) is 2. The summed E-state index contributed by atoms with van der Waals surface area (Å²) in [5.41, 5.74) is 2.06. The molecule has 8 nitrogen and oxygen atoms in total. The van der Waals surface area contributed by atoms with Crippen molar-refractivity contribution >= 4 is 11.6 Å². The van der Waals surface area contributed by atoms with Gasteiger partial charge in [-0.15, -0.1) is 0 Å². The van der Waals surface area contributed by atoms with Crippen molar-refractivity contribution in [3.05, 3.63) is 51.7 Å². The summed E-state index contributed by atoms with van der Waals surface area (Å²) in [5, 5.41) is 2.91. The highest BCUT2D eigenvalue weighted by molar-refractivity contribution is 5.92. The Bertz CT molecular complexity index is 1090. The number of halogens is 1. The number of amides is 1. The third kappa shape index (κ3) is 4.71. The van der Waals surface area contributed by atoms with E-state index in [-0.39, 0.29) is 23.2 Å². The third-order valence-corrected chi connectivity index (χ3v) is 7.73. The van der Waals surface area contributed by atoms with Crippen molar-refractivity contribution in [2.24, 2.45) is 0 Å². The van der Waals surface area contributed by atoms with Crippen LogP contribution in [0.25, 0.3) is 0 Å². The van der Waals surface area contributed by atoms with Crippen molar-refractivity contribution in [3.63, 3.8) is 0 Å². The number of nitrogens with zero attached hydrogens (tertiary/aromatic N) is 4. The highest BCUT2D eigenvalue weighted by atomic mass is 19.1. The summed E-state index contributed by atoms with van der Waals surface area (Å²) in [5.74, 6) is -0.548. The molecule has 182 valence electrons. The molecule has 2 unspecified atom stereocenters. The smallest absolute Gasteiger partial charge is 0.270 e. The Morgan fingerprint density at radius 1 is 1.18 bits per heavy atom. The van der Waals surface area contributed by atoms with E-state index in [1.54, 1.807) is 12.1 Å². The van der Waals surface area contributed by atoms with Gasteiger partial charge >= 0.3 is 0 Å². The first kappa shape index (κ1) is 23.0. The van der Waals surface area contributed by atoms with Crippen molar-refractivity contribution in [1.29, 1.82) is 0 Å². The highest BCUT2D eigenvalue weighted by Crippen LogP contribution is 2.36. The molecule has 3 fully saturated rings. The van der Waals surface area contributed by atoms with E-state index in [4.69, 9.17) is 0 Å². The van der Waals surface area contributed by atoms with Crippen LogP contribution in [-0.2, 0) is 6.42 Å². The summed E-state index contributed by atoms with van der Waals surface area (Å²) >= 11 is 0. The number of carbonyl (C=O) groups excluding carboxylic acids is 1. The fraction of sp³-hybridized carbons (Fsp3) is 0.600. The molecule has 3 aliphatic rings. The number of hydrogen-bond acceptors (Lipinski definition) is 6. The first-order valence-corrected chi connectivity index (χ1v) is 12.6. The number of aromatic nitrogens is 3. The lowest BCUT2D eigenvalue weighted by atomic mass is 9.93. The lowest BCUT2D eigenvalue weighted by Crippen LogP contribution is -2.50. The van der Waals surface area contributed by atoms with Gasteiger partial charge in [-0.25, -0.2) is 4.98 Å². The van der Waals surface area contributed by atoms with E-state index in [0.29, 0.717) is 29.8 Å². The van der Waals surface area contributed by atoms with Gasteiger partial charge in [0, 0.05) is 56.1 Å². The minimum atomic E-state index is -0.581. The number of anilines is 1. The van der Waals surface area contributed by atoms with E-state index in [1.165, 1.54) is 0 Å². The van der Waals surface area contributed by atoms with Crippen molar-refractivity contribution in [2.75, 3.05) is 31.1 Å². The molecule has 2 aromatic rings.